The first kappa shape index (κ1) is 13.6. The van der Waals surface area contributed by atoms with Crippen molar-refractivity contribution in [3.05, 3.63) is 33.8 Å². The van der Waals surface area contributed by atoms with Crippen LogP contribution in [0.5, 0.6) is 0 Å². The number of likely N-dealkylation sites (tertiary alicyclic amines) is 1. The number of hydrogen-bond acceptors (Lipinski definition) is 2. The molecule has 1 aliphatic heterocycles. The predicted octanol–water partition coefficient (Wildman–Crippen LogP) is 2.57. The Bertz CT molecular complexity index is 439. The predicted molar refractivity (Wildman–Crippen MR) is 76.6 cm³/mol. The molecule has 0 unspecified atom stereocenters. The van der Waals surface area contributed by atoms with Crippen molar-refractivity contribution >= 4 is 21.8 Å². The Labute approximate surface area is 116 Å². The Kier molecular flexibility index (Phi) is 4.40. The molecule has 0 saturated carbocycles. The van der Waals surface area contributed by atoms with Crippen LogP contribution in [0.2, 0.25) is 0 Å². The van der Waals surface area contributed by atoms with Gasteiger partial charge in [-0.2, -0.15) is 0 Å². The molecule has 2 rings (SSSR count). The summed E-state index contributed by atoms with van der Waals surface area (Å²) >= 11 is 3.47. The minimum Gasteiger partial charge on any atom is -0.339 e. The van der Waals surface area contributed by atoms with Crippen molar-refractivity contribution in [1.29, 1.82) is 0 Å². The standard InChI is InChI=1S/C14H19BrN2O/c1-10-2-3-12(8-13(10)15)14(18)17-6-4-11(9-16)5-7-17/h2-3,8,11H,4-7,9,16H2,1H3. The molecule has 1 aliphatic rings. The number of nitrogens with two attached hydrogens (primary N) is 1. The van der Waals surface area contributed by atoms with Gasteiger partial charge in [0.05, 0.1) is 0 Å². The molecule has 3 nitrogen and oxygen atoms in total. The molecular weight excluding hydrogens is 292 g/mol. The van der Waals surface area contributed by atoms with Gasteiger partial charge in [-0.05, 0) is 49.9 Å². The van der Waals surface area contributed by atoms with E-state index < -0.39 is 0 Å². The number of piperidine rings is 1. The molecule has 1 aromatic rings. The number of amides is 1. The third-order valence-electron chi connectivity index (χ3n) is 3.65. The first-order valence-corrected chi connectivity index (χ1v) is 7.16. The Morgan fingerprint density at radius 2 is 2.11 bits per heavy atom. The number of carbonyl (C=O) groups is 1. The molecule has 1 amide bonds. The number of rotatable bonds is 2. The molecule has 1 fully saturated rings. The summed E-state index contributed by atoms with van der Waals surface area (Å²) in [4.78, 5) is 14.3. The summed E-state index contributed by atoms with van der Waals surface area (Å²) in [5.74, 6) is 0.713. The summed E-state index contributed by atoms with van der Waals surface area (Å²) in [6, 6.07) is 5.79. The highest BCUT2D eigenvalue weighted by molar-refractivity contribution is 9.10. The Morgan fingerprint density at radius 1 is 1.44 bits per heavy atom. The summed E-state index contributed by atoms with van der Waals surface area (Å²) in [7, 11) is 0. The molecule has 0 atom stereocenters. The number of aryl methyl sites for hydroxylation is 1. The number of carbonyl (C=O) groups excluding carboxylic acids is 1. The van der Waals surface area contributed by atoms with Crippen molar-refractivity contribution in [2.24, 2.45) is 11.7 Å². The van der Waals surface area contributed by atoms with Crippen LogP contribution in [0.25, 0.3) is 0 Å². The average Bonchev–Trinajstić information content (AvgIpc) is 2.41. The first-order valence-electron chi connectivity index (χ1n) is 6.37. The van der Waals surface area contributed by atoms with E-state index in [9.17, 15) is 4.79 Å². The lowest BCUT2D eigenvalue weighted by Crippen LogP contribution is -2.40. The minimum atomic E-state index is 0.131. The van der Waals surface area contributed by atoms with Crippen molar-refractivity contribution < 1.29 is 4.79 Å². The lowest BCUT2D eigenvalue weighted by Gasteiger charge is -2.31. The highest BCUT2D eigenvalue weighted by Crippen LogP contribution is 2.21. The Hall–Kier alpha value is -0.870. The number of halogens is 1. The second-order valence-corrected chi connectivity index (χ2v) is 5.79. The zero-order valence-electron chi connectivity index (χ0n) is 10.7. The molecule has 0 radical (unpaired) electrons. The summed E-state index contributed by atoms with van der Waals surface area (Å²) < 4.78 is 0.991. The summed E-state index contributed by atoms with van der Waals surface area (Å²) in [6.07, 6.45) is 2.05. The maximum Gasteiger partial charge on any atom is 0.253 e. The topological polar surface area (TPSA) is 46.3 Å². The molecule has 0 aliphatic carbocycles. The van der Waals surface area contributed by atoms with Crippen LogP contribution in [0.4, 0.5) is 0 Å². The van der Waals surface area contributed by atoms with Gasteiger partial charge >= 0.3 is 0 Å². The van der Waals surface area contributed by atoms with E-state index in [4.69, 9.17) is 5.73 Å². The SMILES string of the molecule is Cc1ccc(C(=O)N2CCC(CN)CC2)cc1Br. The molecule has 1 heterocycles. The molecule has 98 valence electrons. The van der Waals surface area contributed by atoms with Crippen molar-refractivity contribution in [3.8, 4) is 0 Å². The molecule has 0 spiro atoms. The van der Waals surface area contributed by atoms with Crippen LogP contribution < -0.4 is 5.73 Å². The van der Waals surface area contributed by atoms with Gasteiger partial charge < -0.3 is 10.6 Å². The average molecular weight is 311 g/mol. The van der Waals surface area contributed by atoms with Gasteiger partial charge in [0.2, 0.25) is 0 Å². The third-order valence-corrected chi connectivity index (χ3v) is 4.51. The van der Waals surface area contributed by atoms with Crippen molar-refractivity contribution in [1.82, 2.24) is 4.90 Å². The molecule has 1 aromatic carbocycles. The van der Waals surface area contributed by atoms with E-state index in [0.29, 0.717) is 5.92 Å². The molecule has 18 heavy (non-hydrogen) atoms. The highest BCUT2D eigenvalue weighted by atomic mass is 79.9. The largest absolute Gasteiger partial charge is 0.339 e. The first-order chi connectivity index (χ1) is 8.61. The van der Waals surface area contributed by atoms with Gasteiger partial charge in [0.15, 0.2) is 0 Å². The van der Waals surface area contributed by atoms with E-state index in [1.54, 1.807) is 0 Å². The molecule has 4 heteroatoms. The monoisotopic (exact) mass is 310 g/mol. The second-order valence-electron chi connectivity index (χ2n) is 4.94. The fraction of sp³-hybridized carbons (Fsp3) is 0.500. The molecule has 0 aromatic heterocycles. The minimum absolute atomic E-state index is 0.131. The van der Waals surface area contributed by atoms with Crippen molar-refractivity contribution in [2.45, 2.75) is 19.8 Å². The smallest absolute Gasteiger partial charge is 0.253 e. The van der Waals surface area contributed by atoms with Crippen LogP contribution in [0.1, 0.15) is 28.8 Å². The van der Waals surface area contributed by atoms with Crippen LogP contribution >= 0.6 is 15.9 Å². The molecular formula is C14H19BrN2O. The van der Waals surface area contributed by atoms with Gasteiger partial charge in [-0.1, -0.05) is 22.0 Å². The fourth-order valence-corrected chi connectivity index (χ4v) is 2.66. The lowest BCUT2D eigenvalue weighted by molar-refractivity contribution is 0.0693. The van der Waals surface area contributed by atoms with Gasteiger partial charge in [0, 0.05) is 23.1 Å². The van der Waals surface area contributed by atoms with Crippen LogP contribution in [-0.4, -0.2) is 30.4 Å². The van der Waals surface area contributed by atoms with E-state index in [1.165, 1.54) is 0 Å². The summed E-state index contributed by atoms with van der Waals surface area (Å²) in [5.41, 5.74) is 7.57. The molecule has 2 N–H and O–H groups in total. The summed E-state index contributed by atoms with van der Waals surface area (Å²) in [6.45, 7) is 4.40. The normalized spacial score (nSPS) is 16.9. The Balaban J connectivity index is 2.05. The van der Waals surface area contributed by atoms with Crippen LogP contribution in [0, 0.1) is 12.8 Å². The van der Waals surface area contributed by atoms with Gasteiger partial charge in [-0.15, -0.1) is 0 Å². The van der Waals surface area contributed by atoms with Crippen LogP contribution in [0.3, 0.4) is 0 Å². The van der Waals surface area contributed by atoms with Gasteiger partial charge in [0.1, 0.15) is 0 Å². The Morgan fingerprint density at radius 3 is 2.67 bits per heavy atom. The third kappa shape index (κ3) is 2.93. The van der Waals surface area contributed by atoms with Crippen molar-refractivity contribution in [2.75, 3.05) is 19.6 Å². The highest BCUT2D eigenvalue weighted by Gasteiger charge is 2.22. The second kappa shape index (κ2) is 5.85. The van der Waals surface area contributed by atoms with Gasteiger partial charge in [-0.25, -0.2) is 0 Å². The van der Waals surface area contributed by atoms with E-state index in [2.05, 4.69) is 15.9 Å². The molecule has 0 bridgehead atoms. The maximum absolute atomic E-state index is 12.3. The van der Waals surface area contributed by atoms with E-state index in [1.807, 2.05) is 30.0 Å². The zero-order valence-corrected chi connectivity index (χ0v) is 12.2. The zero-order chi connectivity index (χ0) is 13.1. The maximum atomic E-state index is 12.3. The summed E-state index contributed by atoms with van der Waals surface area (Å²) in [5, 5.41) is 0. The van der Waals surface area contributed by atoms with Gasteiger partial charge in [0.25, 0.3) is 5.91 Å². The van der Waals surface area contributed by atoms with Crippen LogP contribution in [0.15, 0.2) is 22.7 Å². The lowest BCUT2D eigenvalue weighted by atomic mass is 9.96. The number of nitrogens with zero attached hydrogens (tertiary/aromatic N) is 1. The van der Waals surface area contributed by atoms with Crippen LogP contribution in [-0.2, 0) is 0 Å². The van der Waals surface area contributed by atoms with Gasteiger partial charge in [-0.3, -0.25) is 4.79 Å². The number of benzene rings is 1. The fourth-order valence-electron chi connectivity index (χ4n) is 2.28. The van der Waals surface area contributed by atoms with E-state index >= 15 is 0 Å². The van der Waals surface area contributed by atoms with E-state index in [-0.39, 0.29) is 5.91 Å². The number of hydrogen-bond donors (Lipinski definition) is 1. The molecule has 1 saturated heterocycles. The van der Waals surface area contributed by atoms with Crippen molar-refractivity contribution in [3.63, 3.8) is 0 Å². The quantitative estimate of drug-likeness (QED) is 0.912. The van der Waals surface area contributed by atoms with E-state index in [0.717, 1.165) is 48.1 Å².